The maximum absolute atomic E-state index is 13.4. The first-order valence-electron chi connectivity index (χ1n) is 12.3. The summed E-state index contributed by atoms with van der Waals surface area (Å²) in [5.41, 5.74) is -1.37. The standard InChI is InChI=1S/C26H38F3N3O5/c1-17(19-8-10-20(11-9-19)26(27,28)29)32(18(2)22(34)36-7)21(33)16-30-25(6)12-14-31(15-13-25)23(35)37-24(3,4)5/h8-11,17-18,30H,12-16H2,1-7H3/t17-,18-/m0/s1. The molecule has 1 aliphatic heterocycles. The molecule has 1 N–H and O–H groups in total. The fourth-order valence-corrected chi connectivity index (χ4v) is 4.23. The van der Waals surface area contributed by atoms with Gasteiger partial charge >= 0.3 is 18.2 Å². The molecule has 0 bridgehead atoms. The van der Waals surface area contributed by atoms with Crippen molar-refractivity contribution in [2.75, 3.05) is 26.7 Å². The second-order valence-electron chi connectivity index (χ2n) is 10.7. The van der Waals surface area contributed by atoms with E-state index in [-0.39, 0.29) is 12.6 Å². The van der Waals surface area contributed by atoms with Gasteiger partial charge in [-0.25, -0.2) is 9.59 Å². The maximum atomic E-state index is 13.4. The Morgan fingerprint density at radius 3 is 2.08 bits per heavy atom. The number of carbonyl (C=O) groups is 3. The van der Waals surface area contributed by atoms with Crippen LogP contribution in [0.2, 0.25) is 0 Å². The van der Waals surface area contributed by atoms with Crippen LogP contribution in [0.1, 0.15) is 71.6 Å². The van der Waals surface area contributed by atoms with Crippen LogP contribution in [0, 0.1) is 0 Å². The van der Waals surface area contributed by atoms with Crippen LogP contribution in [0.4, 0.5) is 18.0 Å². The van der Waals surface area contributed by atoms with Crippen molar-refractivity contribution < 1.29 is 37.0 Å². The van der Waals surface area contributed by atoms with Gasteiger partial charge in [0.25, 0.3) is 0 Å². The number of methoxy groups -OCH3 is 1. The van der Waals surface area contributed by atoms with Gasteiger partial charge in [0.1, 0.15) is 11.6 Å². The first kappa shape index (κ1) is 30.4. The molecule has 0 aliphatic carbocycles. The molecule has 1 saturated heterocycles. The van der Waals surface area contributed by atoms with Crippen LogP contribution in [-0.4, -0.2) is 71.7 Å². The zero-order valence-electron chi connectivity index (χ0n) is 22.6. The summed E-state index contributed by atoms with van der Waals surface area (Å²) in [5, 5.41) is 3.26. The lowest BCUT2D eigenvalue weighted by Gasteiger charge is -2.41. The minimum Gasteiger partial charge on any atom is -0.467 e. The highest BCUT2D eigenvalue weighted by Crippen LogP contribution is 2.31. The van der Waals surface area contributed by atoms with E-state index in [9.17, 15) is 27.6 Å². The third-order valence-electron chi connectivity index (χ3n) is 6.57. The molecule has 1 aliphatic rings. The molecule has 0 aromatic heterocycles. The van der Waals surface area contributed by atoms with Crippen molar-refractivity contribution in [2.24, 2.45) is 0 Å². The number of esters is 1. The molecule has 1 aromatic carbocycles. The number of halogens is 3. The van der Waals surface area contributed by atoms with Crippen molar-refractivity contribution >= 4 is 18.0 Å². The smallest absolute Gasteiger partial charge is 0.416 e. The molecule has 1 fully saturated rings. The van der Waals surface area contributed by atoms with E-state index >= 15 is 0 Å². The van der Waals surface area contributed by atoms with Crippen LogP contribution >= 0.6 is 0 Å². The van der Waals surface area contributed by atoms with E-state index in [0.29, 0.717) is 31.5 Å². The average Bonchev–Trinajstić information content (AvgIpc) is 2.81. The molecule has 2 atom stereocenters. The molecule has 1 aromatic rings. The summed E-state index contributed by atoms with van der Waals surface area (Å²) in [5.74, 6) is -1.04. The van der Waals surface area contributed by atoms with Gasteiger partial charge in [0.05, 0.1) is 25.3 Å². The molecule has 37 heavy (non-hydrogen) atoms. The highest BCUT2D eigenvalue weighted by Gasteiger charge is 2.37. The largest absolute Gasteiger partial charge is 0.467 e. The molecule has 2 amide bonds. The number of likely N-dealkylation sites (tertiary alicyclic amines) is 1. The SMILES string of the molecule is COC(=O)[C@H](C)N(C(=O)CNC1(C)CCN(C(=O)OC(C)(C)C)CC1)[C@@H](C)c1ccc(C(F)(F)F)cc1. The minimum absolute atomic E-state index is 0.102. The van der Waals surface area contributed by atoms with Gasteiger partial charge in [-0.3, -0.25) is 4.79 Å². The van der Waals surface area contributed by atoms with E-state index in [1.165, 1.54) is 31.1 Å². The molecule has 2 rings (SSSR count). The van der Waals surface area contributed by atoms with Gasteiger partial charge < -0.3 is 24.6 Å². The zero-order valence-corrected chi connectivity index (χ0v) is 22.6. The summed E-state index contributed by atoms with van der Waals surface area (Å²) in [4.78, 5) is 41.0. The first-order valence-corrected chi connectivity index (χ1v) is 12.3. The van der Waals surface area contributed by atoms with Crippen molar-refractivity contribution in [2.45, 2.75) is 83.8 Å². The molecule has 0 radical (unpaired) electrons. The summed E-state index contributed by atoms with van der Waals surface area (Å²) in [6, 6.07) is 2.87. The molecule has 0 saturated carbocycles. The van der Waals surface area contributed by atoms with Gasteiger partial charge in [-0.05, 0) is 72.1 Å². The van der Waals surface area contributed by atoms with E-state index in [0.717, 1.165) is 12.1 Å². The lowest BCUT2D eigenvalue weighted by atomic mass is 9.89. The lowest BCUT2D eigenvalue weighted by molar-refractivity contribution is -0.153. The third kappa shape index (κ3) is 8.34. The Bertz CT molecular complexity index is 952. The van der Waals surface area contributed by atoms with Crippen molar-refractivity contribution in [3.63, 3.8) is 0 Å². The normalized spacial score (nSPS) is 17.5. The number of alkyl halides is 3. The Labute approximate surface area is 216 Å². The number of amides is 2. The molecule has 0 spiro atoms. The number of carbonyl (C=O) groups excluding carboxylic acids is 3. The fourth-order valence-electron chi connectivity index (χ4n) is 4.23. The number of hydrogen-bond acceptors (Lipinski definition) is 6. The van der Waals surface area contributed by atoms with Gasteiger partial charge in [-0.1, -0.05) is 12.1 Å². The molecule has 8 nitrogen and oxygen atoms in total. The lowest BCUT2D eigenvalue weighted by Crippen LogP contribution is -2.56. The van der Waals surface area contributed by atoms with Crippen molar-refractivity contribution in [1.29, 1.82) is 0 Å². The van der Waals surface area contributed by atoms with Crippen LogP contribution in [-0.2, 0) is 25.2 Å². The van der Waals surface area contributed by atoms with Gasteiger partial charge in [-0.15, -0.1) is 0 Å². The Hall–Kier alpha value is -2.82. The Balaban J connectivity index is 2.10. The van der Waals surface area contributed by atoms with Gasteiger partial charge in [0, 0.05) is 18.6 Å². The van der Waals surface area contributed by atoms with Crippen LogP contribution in [0.25, 0.3) is 0 Å². The summed E-state index contributed by atoms with van der Waals surface area (Å²) < 4.78 is 49.2. The highest BCUT2D eigenvalue weighted by molar-refractivity contribution is 5.85. The van der Waals surface area contributed by atoms with Crippen LogP contribution in [0.15, 0.2) is 24.3 Å². The minimum atomic E-state index is -4.48. The number of ether oxygens (including phenoxy) is 2. The number of rotatable bonds is 7. The van der Waals surface area contributed by atoms with Crippen molar-refractivity contribution in [1.82, 2.24) is 15.1 Å². The quantitative estimate of drug-likeness (QED) is 0.522. The maximum Gasteiger partial charge on any atom is 0.416 e. The van der Waals surface area contributed by atoms with Crippen molar-refractivity contribution in [3.05, 3.63) is 35.4 Å². The average molecular weight is 530 g/mol. The molecule has 0 unspecified atom stereocenters. The topological polar surface area (TPSA) is 88.2 Å². The summed E-state index contributed by atoms with van der Waals surface area (Å²) in [7, 11) is 1.21. The second kappa shape index (κ2) is 11.7. The number of piperidine rings is 1. The Morgan fingerprint density at radius 2 is 1.62 bits per heavy atom. The molecule has 11 heteroatoms. The van der Waals surface area contributed by atoms with E-state index in [4.69, 9.17) is 9.47 Å². The van der Waals surface area contributed by atoms with Gasteiger partial charge in [0.2, 0.25) is 5.91 Å². The predicted octanol–water partition coefficient (Wildman–Crippen LogP) is 4.54. The second-order valence-corrected chi connectivity index (χ2v) is 10.7. The predicted molar refractivity (Wildman–Crippen MR) is 132 cm³/mol. The van der Waals surface area contributed by atoms with Crippen LogP contribution in [0.5, 0.6) is 0 Å². The number of benzene rings is 1. The number of nitrogens with zero attached hydrogens (tertiary/aromatic N) is 2. The third-order valence-corrected chi connectivity index (χ3v) is 6.57. The number of hydrogen-bond donors (Lipinski definition) is 1. The molecule has 208 valence electrons. The Kier molecular flexibility index (Phi) is 9.62. The van der Waals surface area contributed by atoms with E-state index in [1.54, 1.807) is 32.6 Å². The van der Waals surface area contributed by atoms with E-state index < -0.39 is 46.8 Å². The van der Waals surface area contributed by atoms with E-state index in [2.05, 4.69) is 5.32 Å². The monoisotopic (exact) mass is 529 g/mol. The molecule has 1 heterocycles. The fraction of sp³-hybridized carbons (Fsp3) is 0.654. The van der Waals surface area contributed by atoms with Crippen LogP contribution < -0.4 is 5.32 Å². The van der Waals surface area contributed by atoms with Crippen molar-refractivity contribution in [3.8, 4) is 0 Å². The number of nitrogens with one attached hydrogen (secondary N) is 1. The zero-order chi connectivity index (χ0) is 28.2. The summed E-state index contributed by atoms with van der Waals surface area (Å²) in [6.07, 6.45) is -3.69. The molecular formula is C26H38F3N3O5. The van der Waals surface area contributed by atoms with E-state index in [1.807, 2.05) is 6.92 Å². The van der Waals surface area contributed by atoms with Gasteiger partial charge in [-0.2, -0.15) is 13.2 Å². The highest BCUT2D eigenvalue weighted by atomic mass is 19.4. The van der Waals surface area contributed by atoms with Gasteiger partial charge in [0.15, 0.2) is 0 Å². The first-order chi connectivity index (χ1) is 17.0. The summed E-state index contributed by atoms with van der Waals surface area (Å²) in [6.45, 7) is 11.4. The molecular weight excluding hydrogens is 491 g/mol. The Morgan fingerprint density at radius 1 is 1.08 bits per heavy atom. The summed E-state index contributed by atoms with van der Waals surface area (Å²) >= 11 is 0. The van der Waals surface area contributed by atoms with Crippen LogP contribution in [0.3, 0.4) is 0 Å².